The molecule has 0 radical (unpaired) electrons. The lowest BCUT2D eigenvalue weighted by atomic mass is 9.85. The fraction of sp³-hybridized carbons (Fsp3) is 0.545. The Hall–Kier alpha value is -0.870. The Morgan fingerprint density at radius 3 is 3.27 bits per heavy atom. The van der Waals surface area contributed by atoms with Crippen LogP contribution in [0.4, 0.5) is 0 Å². The molecule has 0 amide bonds. The van der Waals surface area contributed by atoms with Gasteiger partial charge in [0, 0.05) is 23.3 Å². The molecule has 3 nitrogen and oxygen atoms in total. The summed E-state index contributed by atoms with van der Waals surface area (Å²) in [7, 11) is 0. The van der Waals surface area contributed by atoms with Crippen molar-refractivity contribution in [3.05, 3.63) is 21.4 Å². The minimum atomic E-state index is -0.758. The number of piperidine rings is 1. The van der Waals surface area contributed by atoms with Crippen LogP contribution in [0.3, 0.4) is 0 Å². The van der Waals surface area contributed by atoms with E-state index in [1.54, 1.807) is 11.3 Å². The van der Waals surface area contributed by atoms with Crippen molar-refractivity contribution in [3.63, 3.8) is 0 Å². The first kappa shape index (κ1) is 9.36. The lowest BCUT2D eigenvalue weighted by Crippen LogP contribution is -2.38. The second-order valence-electron chi connectivity index (χ2n) is 4.37. The highest BCUT2D eigenvalue weighted by Crippen LogP contribution is 2.40. The van der Waals surface area contributed by atoms with Gasteiger partial charge in [-0.05, 0) is 30.9 Å². The number of carbonyl (C=O) groups is 1. The largest absolute Gasteiger partial charge is 0.478 e. The molecule has 2 atom stereocenters. The van der Waals surface area contributed by atoms with Crippen LogP contribution in [0.15, 0.2) is 5.38 Å². The van der Waals surface area contributed by atoms with Crippen LogP contribution in [0.5, 0.6) is 0 Å². The molecule has 1 aromatic heterocycles. The number of fused-ring (bicyclic) bond motifs is 4. The fourth-order valence-electron chi connectivity index (χ4n) is 2.78. The van der Waals surface area contributed by atoms with Crippen molar-refractivity contribution < 1.29 is 9.90 Å². The molecule has 2 aliphatic rings. The molecule has 3 heterocycles. The first-order chi connectivity index (χ1) is 7.25. The fourth-order valence-corrected chi connectivity index (χ4v) is 3.93. The van der Waals surface area contributed by atoms with Gasteiger partial charge in [-0.25, -0.2) is 4.79 Å². The number of hydrogen-bond donors (Lipinski definition) is 1. The lowest BCUT2D eigenvalue weighted by Gasteiger charge is -2.37. The lowest BCUT2D eigenvalue weighted by molar-refractivity contribution is 0.0693. The van der Waals surface area contributed by atoms with Crippen molar-refractivity contribution in [3.8, 4) is 0 Å². The zero-order chi connectivity index (χ0) is 10.4. The molecular formula is C11H13NO2S. The molecule has 3 rings (SSSR count). The molecule has 4 heteroatoms. The van der Waals surface area contributed by atoms with Crippen LogP contribution < -0.4 is 0 Å². The van der Waals surface area contributed by atoms with Crippen molar-refractivity contribution >= 4 is 17.3 Å². The normalized spacial score (nSPS) is 28.5. The first-order valence-electron chi connectivity index (χ1n) is 5.31. The summed E-state index contributed by atoms with van der Waals surface area (Å²) in [4.78, 5) is 14.8. The number of hydrogen-bond acceptors (Lipinski definition) is 3. The maximum absolute atomic E-state index is 11.1. The van der Waals surface area contributed by atoms with E-state index in [1.165, 1.54) is 17.8 Å². The van der Waals surface area contributed by atoms with Gasteiger partial charge in [0.05, 0.1) is 5.56 Å². The second kappa shape index (κ2) is 3.32. The zero-order valence-electron chi connectivity index (χ0n) is 8.40. The van der Waals surface area contributed by atoms with Crippen LogP contribution in [-0.4, -0.2) is 29.1 Å². The van der Waals surface area contributed by atoms with Gasteiger partial charge < -0.3 is 5.11 Å². The molecule has 2 bridgehead atoms. The van der Waals surface area contributed by atoms with E-state index in [9.17, 15) is 4.79 Å². The highest BCUT2D eigenvalue weighted by atomic mass is 32.1. The Balaban J connectivity index is 2.08. The van der Waals surface area contributed by atoms with Crippen molar-refractivity contribution in [2.75, 3.05) is 13.1 Å². The van der Waals surface area contributed by atoms with E-state index in [1.807, 2.05) is 5.38 Å². The molecule has 1 aromatic rings. The van der Waals surface area contributed by atoms with E-state index >= 15 is 0 Å². The first-order valence-corrected chi connectivity index (χ1v) is 6.19. The Labute approximate surface area is 92.3 Å². The molecule has 1 N–H and O–H groups in total. The summed E-state index contributed by atoms with van der Waals surface area (Å²) >= 11 is 1.61. The summed E-state index contributed by atoms with van der Waals surface area (Å²) in [5.74, 6) is -0.286. The van der Waals surface area contributed by atoms with Crippen LogP contribution in [0.1, 0.15) is 39.6 Å². The van der Waals surface area contributed by atoms with Gasteiger partial charge in [0.25, 0.3) is 0 Å². The molecule has 0 saturated carbocycles. The number of rotatable bonds is 1. The van der Waals surface area contributed by atoms with E-state index < -0.39 is 5.97 Å². The maximum Gasteiger partial charge on any atom is 0.336 e. The van der Waals surface area contributed by atoms with Crippen molar-refractivity contribution in [1.82, 2.24) is 4.90 Å². The summed E-state index contributed by atoms with van der Waals surface area (Å²) in [5.41, 5.74) is 1.70. The highest BCUT2D eigenvalue weighted by Gasteiger charge is 2.33. The van der Waals surface area contributed by atoms with Crippen molar-refractivity contribution in [1.29, 1.82) is 0 Å². The number of thiophene rings is 1. The smallest absolute Gasteiger partial charge is 0.336 e. The molecule has 0 aliphatic carbocycles. The zero-order valence-corrected chi connectivity index (χ0v) is 9.22. The molecule has 15 heavy (non-hydrogen) atoms. The van der Waals surface area contributed by atoms with Crippen LogP contribution in [0.2, 0.25) is 0 Å². The maximum atomic E-state index is 11.1. The summed E-state index contributed by atoms with van der Waals surface area (Å²) in [6.45, 7) is 3.20. The highest BCUT2D eigenvalue weighted by molar-refractivity contribution is 7.10. The Kier molecular flexibility index (Phi) is 2.07. The Morgan fingerprint density at radius 2 is 2.47 bits per heavy atom. The third kappa shape index (κ3) is 1.40. The second-order valence-corrected chi connectivity index (χ2v) is 5.33. The van der Waals surface area contributed by atoms with Gasteiger partial charge in [-0.3, -0.25) is 4.90 Å². The van der Waals surface area contributed by atoms with Gasteiger partial charge in [0.15, 0.2) is 0 Å². The average molecular weight is 223 g/mol. The van der Waals surface area contributed by atoms with Gasteiger partial charge in [0.2, 0.25) is 0 Å². The summed E-state index contributed by atoms with van der Waals surface area (Å²) in [5, 5.41) is 10.9. The van der Waals surface area contributed by atoms with Crippen LogP contribution in [-0.2, 0) is 6.54 Å². The van der Waals surface area contributed by atoms with E-state index in [0.717, 1.165) is 25.1 Å². The van der Waals surface area contributed by atoms with Crippen LogP contribution in [0.25, 0.3) is 0 Å². The summed E-state index contributed by atoms with van der Waals surface area (Å²) < 4.78 is 0. The number of carboxylic acids is 1. The predicted molar refractivity (Wildman–Crippen MR) is 58.5 cm³/mol. The molecular weight excluding hydrogens is 210 g/mol. The van der Waals surface area contributed by atoms with Crippen LogP contribution in [0, 0.1) is 0 Å². The van der Waals surface area contributed by atoms with E-state index in [0.29, 0.717) is 11.5 Å². The third-order valence-corrected chi connectivity index (χ3v) is 4.41. The molecule has 80 valence electrons. The van der Waals surface area contributed by atoms with Crippen LogP contribution >= 0.6 is 11.3 Å². The molecule has 2 aliphatic heterocycles. The minimum absolute atomic E-state index is 0.472. The van der Waals surface area contributed by atoms with E-state index in [-0.39, 0.29) is 0 Å². The predicted octanol–water partition coefficient (Wildman–Crippen LogP) is 2.14. The monoisotopic (exact) mass is 223 g/mol. The minimum Gasteiger partial charge on any atom is -0.478 e. The van der Waals surface area contributed by atoms with Crippen molar-refractivity contribution in [2.45, 2.75) is 25.3 Å². The van der Waals surface area contributed by atoms with E-state index in [2.05, 4.69) is 4.90 Å². The molecule has 2 unspecified atom stereocenters. The number of nitrogens with zero attached hydrogens (tertiary/aromatic N) is 1. The SMILES string of the molecule is O=C(O)c1csc2c1C1CCCN(C2)C1. The Bertz CT molecular complexity index is 413. The number of carboxylic acid groups (broad SMARTS) is 1. The molecule has 0 aromatic carbocycles. The topological polar surface area (TPSA) is 40.5 Å². The molecule has 1 saturated heterocycles. The summed E-state index contributed by atoms with van der Waals surface area (Å²) in [6, 6.07) is 0. The average Bonchev–Trinajstić information content (AvgIpc) is 2.62. The molecule has 1 fully saturated rings. The van der Waals surface area contributed by atoms with Gasteiger partial charge in [-0.1, -0.05) is 0 Å². The quantitative estimate of drug-likeness (QED) is 0.793. The molecule has 0 spiro atoms. The van der Waals surface area contributed by atoms with Gasteiger partial charge in [0.1, 0.15) is 0 Å². The van der Waals surface area contributed by atoms with Crippen molar-refractivity contribution in [2.24, 2.45) is 0 Å². The van der Waals surface area contributed by atoms with E-state index in [4.69, 9.17) is 5.11 Å². The number of aromatic carboxylic acids is 1. The Morgan fingerprint density at radius 1 is 1.60 bits per heavy atom. The standard InChI is InChI=1S/C11H13NO2S/c13-11(14)8-6-15-9-5-12-3-1-2-7(4-12)10(8)9/h6-7H,1-5H2,(H,13,14). The third-order valence-electron chi connectivity index (χ3n) is 3.42. The van der Waals surface area contributed by atoms with Gasteiger partial charge in [-0.2, -0.15) is 0 Å². The van der Waals surface area contributed by atoms with Gasteiger partial charge >= 0.3 is 5.97 Å². The van der Waals surface area contributed by atoms with Gasteiger partial charge in [-0.15, -0.1) is 11.3 Å². The summed E-state index contributed by atoms with van der Waals surface area (Å²) in [6.07, 6.45) is 2.36.